The lowest BCUT2D eigenvalue weighted by atomic mass is 9.79. The Bertz CT molecular complexity index is 1720. The van der Waals surface area contributed by atoms with E-state index < -0.39 is 40.2 Å². The lowest BCUT2D eigenvalue weighted by Crippen LogP contribution is -2.52. The van der Waals surface area contributed by atoms with E-state index in [9.17, 15) is 22.7 Å². The maximum Gasteiger partial charge on any atom is 0.407 e. The minimum atomic E-state index is -4.06. The van der Waals surface area contributed by atoms with Crippen LogP contribution in [0.1, 0.15) is 45.1 Å². The summed E-state index contributed by atoms with van der Waals surface area (Å²) in [6, 6.07) is 10.2. The summed E-state index contributed by atoms with van der Waals surface area (Å²) in [7, 11) is -4.06. The Balaban J connectivity index is 1.10. The Labute approximate surface area is 277 Å². The molecule has 254 valence electrons. The van der Waals surface area contributed by atoms with Crippen molar-refractivity contribution in [1.29, 1.82) is 0 Å². The number of ether oxygens (including phenoxy) is 3. The van der Waals surface area contributed by atoms with E-state index >= 15 is 0 Å². The molecular formula is C33H41FN4O7S2. The van der Waals surface area contributed by atoms with Crippen molar-refractivity contribution in [2.75, 3.05) is 25.0 Å². The molecule has 2 bridgehead atoms. The summed E-state index contributed by atoms with van der Waals surface area (Å²) in [4.78, 5) is 18.0. The number of aliphatic hydroxyl groups excluding tert-OH is 1. The second kappa shape index (κ2) is 13.2. The number of nitrogens with one attached hydrogen (secondary N) is 2. The van der Waals surface area contributed by atoms with E-state index in [1.54, 1.807) is 24.3 Å². The van der Waals surface area contributed by atoms with E-state index in [-0.39, 0.29) is 54.6 Å². The number of nitrogens with zero attached hydrogens (tertiary/aromatic N) is 2. The van der Waals surface area contributed by atoms with Gasteiger partial charge in [-0.25, -0.2) is 22.6 Å². The first-order valence-electron chi connectivity index (χ1n) is 16.4. The van der Waals surface area contributed by atoms with Crippen LogP contribution in [0.4, 0.5) is 14.3 Å². The van der Waals surface area contributed by atoms with Gasteiger partial charge in [0.2, 0.25) is 10.0 Å². The van der Waals surface area contributed by atoms with Crippen LogP contribution < -0.4 is 10.6 Å². The van der Waals surface area contributed by atoms with Crippen LogP contribution in [-0.4, -0.2) is 85.3 Å². The van der Waals surface area contributed by atoms with Crippen molar-refractivity contribution in [1.82, 2.24) is 14.6 Å². The van der Waals surface area contributed by atoms with Gasteiger partial charge < -0.3 is 30.0 Å². The van der Waals surface area contributed by atoms with Gasteiger partial charge in [-0.3, -0.25) is 0 Å². The number of anilines is 1. The van der Waals surface area contributed by atoms with Gasteiger partial charge in [-0.05, 0) is 67.5 Å². The molecule has 1 amide bonds. The minimum absolute atomic E-state index is 0.0271. The largest absolute Gasteiger partial charge is 0.446 e. The van der Waals surface area contributed by atoms with Crippen molar-refractivity contribution in [2.45, 2.75) is 87.5 Å². The Hall–Kier alpha value is -2.88. The number of aliphatic hydroxyl groups is 1. The van der Waals surface area contributed by atoms with Crippen LogP contribution in [0.2, 0.25) is 0 Å². The molecule has 3 aromatic rings. The van der Waals surface area contributed by atoms with Gasteiger partial charge in [0.25, 0.3) is 0 Å². The number of fused-ring (bicyclic) bond motifs is 2. The van der Waals surface area contributed by atoms with Crippen LogP contribution in [0.3, 0.4) is 0 Å². The van der Waals surface area contributed by atoms with Crippen molar-refractivity contribution in [3.05, 3.63) is 53.8 Å². The molecule has 2 aromatic carbocycles. The van der Waals surface area contributed by atoms with Gasteiger partial charge in [0, 0.05) is 37.4 Å². The van der Waals surface area contributed by atoms with Crippen LogP contribution in [0.15, 0.2) is 47.4 Å². The number of carbonyl (C=O) groups is 1. The maximum absolute atomic E-state index is 14.1. The fourth-order valence-corrected chi connectivity index (χ4v) is 9.66. The molecular weight excluding hydrogens is 648 g/mol. The van der Waals surface area contributed by atoms with Crippen LogP contribution in [0.5, 0.6) is 0 Å². The third-order valence-electron chi connectivity index (χ3n) is 9.42. The normalized spacial score (nSPS) is 26.6. The molecule has 7 atom stereocenters. The number of alkyl carbamates (subject to hydrolysis) is 1. The van der Waals surface area contributed by atoms with Gasteiger partial charge >= 0.3 is 6.09 Å². The number of hydrogen-bond acceptors (Lipinski definition) is 10. The highest BCUT2D eigenvalue weighted by Crippen LogP contribution is 2.47. The molecule has 2 saturated carbocycles. The molecule has 2 aliphatic carbocycles. The summed E-state index contributed by atoms with van der Waals surface area (Å²) in [5.41, 5.74) is 1.25. The van der Waals surface area contributed by atoms with Crippen molar-refractivity contribution >= 4 is 42.8 Å². The molecule has 0 spiro atoms. The number of thiazole rings is 1. The molecule has 3 N–H and O–H groups in total. The summed E-state index contributed by atoms with van der Waals surface area (Å²) < 4.78 is 61.8. The zero-order valence-corrected chi connectivity index (χ0v) is 28.0. The predicted octanol–water partition coefficient (Wildman–Crippen LogP) is 4.50. The van der Waals surface area contributed by atoms with E-state index in [0.29, 0.717) is 30.1 Å². The Kier molecular flexibility index (Phi) is 9.17. The molecule has 2 saturated heterocycles. The van der Waals surface area contributed by atoms with Crippen LogP contribution >= 0.6 is 11.3 Å². The fourth-order valence-electron chi connectivity index (χ4n) is 6.95. The van der Waals surface area contributed by atoms with E-state index in [1.807, 2.05) is 13.8 Å². The lowest BCUT2D eigenvalue weighted by Gasteiger charge is -2.33. The van der Waals surface area contributed by atoms with Gasteiger partial charge in [0.05, 0.1) is 40.0 Å². The van der Waals surface area contributed by atoms with Crippen molar-refractivity contribution in [3.63, 3.8) is 0 Å². The third-order valence-corrected chi connectivity index (χ3v) is 12.2. The molecule has 4 fully saturated rings. The van der Waals surface area contributed by atoms with E-state index in [0.717, 1.165) is 29.1 Å². The first-order chi connectivity index (χ1) is 22.5. The van der Waals surface area contributed by atoms with Crippen LogP contribution in [0, 0.1) is 23.6 Å². The third kappa shape index (κ3) is 7.27. The number of aromatic nitrogens is 1. The highest BCUT2D eigenvalue weighted by molar-refractivity contribution is 7.89. The van der Waals surface area contributed by atoms with Crippen molar-refractivity contribution < 1.29 is 36.9 Å². The average Bonchev–Trinajstić information content (AvgIpc) is 3.42. The lowest BCUT2D eigenvalue weighted by molar-refractivity contribution is -0.130. The summed E-state index contributed by atoms with van der Waals surface area (Å²) in [6.45, 7) is 4.09. The zero-order valence-electron chi connectivity index (χ0n) is 26.4. The summed E-state index contributed by atoms with van der Waals surface area (Å²) >= 11 is 1.41. The average molecular weight is 689 g/mol. The Morgan fingerprint density at radius 3 is 2.77 bits per heavy atom. The molecule has 1 aromatic heterocycles. The molecule has 14 heteroatoms. The smallest absolute Gasteiger partial charge is 0.407 e. The molecule has 47 heavy (non-hydrogen) atoms. The molecule has 0 radical (unpaired) electrons. The van der Waals surface area contributed by atoms with Gasteiger partial charge in [-0.1, -0.05) is 37.3 Å². The van der Waals surface area contributed by atoms with Gasteiger partial charge in [0.1, 0.15) is 11.9 Å². The molecule has 4 aliphatic rings. The number of rotatable bonds is 13. The fraction of sp³-hybridized carbons (Fsp3) is 0.576. The van der Waals surface area contributed by atoms with E-state index in [2.05, 4.69) is 15.6 Å². The first-order valence-corrected chi connectivity index (χ1v) is 18.6. The maximum atomic E-state index is 14.1. The Morgan fingerprint density at radius 1 is 1.17 bits per heavy atom. The topological polar surface area (TPSA) is 139 Å². The molecule has 2 aliphatic heterocycles. The first kappa shape index (κ1) is 32.7. The molecule has 2 unspecified atom stereocenters. The van der Waals surface area contributed by atoms with Gasteiger partial charge in [-0.2, -0.15) is 4.31 Å². The van der Waals surface area contributed by atoms with Crippen LogP contribution in [-0.2, 0) is 30.7 Å². The van der Waals surface area contributed by atoms with Crippen molar-refractivity contribution in [2.24, 2.45) is 17.8 Å². The summed E-state index contributed by atoms with van der Waals surface area (Å²) in [5, 5.41) is 18.5. The predicted molar refractivity (Wildman–Crippen MR) is 174 cm³/mol. The second-order valence-electron chi connectivity index (χ2n) is 13.6. The number of carbonyl (C=O) groups excluding carboxylic acids is 1. The number of hydrogen-bond donors (Lipinski definition) is 3. The van der Waals surface area contributed by atoms with Crippen LogP contribution in [0.25, 0.3) is 10.2 Å². The molecule has 3 heterocycles. The quantitative estimate of drug-likeness (QED) is 0.237. The SMILES string of the molecule is CC(C)CN(C[C@@H](O)[C@H](Cc1cccc(F)c1)NC(=O)OC1CC2C[C@H]3[C@H](OC[C@@H]13)O2)S(=O)(=O)c1ccc2nc(NC3CC3)sc2c1. The second-order valence-corrected chi connectivity index (χ2v) is 16.6. The summed E-state index contributed by atoms with van der Waals surface area (Å²) in [5.74, 6) is -0.302. The van der Waals surface area contributed by atoms with Gasteiger partial charge in [-0.15, -0.1) is 0 Å². The van der Waals surface area contributed by atoms with E-state index in [4.69, 9.17) is 14.2 Å². The number of amides is 1. The minimum Gasteiger partial charge on any atom is -0.446 e. The highest BCUT2D eigenvalue weighted by Gasteiger charge is 2.54. The zero-order chi connectivity index (χ0) is 32.9. The van der Waals surface area contributed by atoms with Gasteiger partial charge in [0.15, 0.2) is 11.4 Å². The van der Waals surface area contributed by atoms with Crippen molar-refractivity contribution in [3.8, 4) is 0 Å². The molecule has 11 nitrogen and oxygen atoms in total. The van der Waals surface area contributed by atoms with E-state index in [1.165, 1.54) is 33.8 Å². The summed E-state index contributed by atoms with van der Waals surface area (Å²) in [6.07, 6.45) is 0.932. The standard InChI is InChI=1S/C33H41FN4O7S2/c1-18(2)15-38(47(41,42)23-8-9-26-30(14-23)46-32(36-26)35-21-6-7-21)16-28(39)27(11-19-4-3-5-20(34)10-19)37-33(40)45-29-13-22-12-24-25(29)17-43-31(24)44-22/h3-5,8-10,14,18,21-22,24-25,27-29,31,39H,6-7,11-13,15-17H2,1-2H3,(H,35,36)(H,37,40)/t22?,24-,25-,27+,28-,29?,31-/m1/s1. The monoisotopic (exact) mass is 688 g/mol. The number of sulfonamides is 1. The Morgan fingerprint density at radius 2 is 2.00 bits per heavy atom. The number of halogens is 1. The highest BCUT2D eigenvalue weighted by atomic mass is 32.2. The number of benzene rings is 2. The molecule has 7 rings (SSSR count).